The Labute approximate surface area is 173 Å². The summed E-state index contributed by atoms with van der Waals surface area (Å²) in [5.41, 5.74) is 2.88. The number of pyridine rings is 2. The van der Waals surface area contributed by atoms with Crippen LogP contribution in [0.3, 0.4) is 0 Å². The fraction of sp³-hybridized carbons (Fsp3) is 0.227. The van der Waals surface area contributed by atoms with E-state index in [0.29, 0.717) is 54.1 Å². The molecule has 0 N–H and O–H groups in total. The van der Waals surface area contributed by atoms with Gasteiger partial charge in [0.05, 0.1) is 37.4 Å². The molecule has 4 aromatic rings. The Bertz CT molecular complexity index is 1110. The first kappa shape index (κ1) is 19.7. The van der Waals surface area contributed by atoms with Crippen LogP contribution in [0.5, 0.6) is 17.2 Å². The van der Waals surface area contributed by atoms with Crippen molar-refractivity contribution < 1.29 is 23.4 Å². The first-order valence-electron chi connectivity index (χ1n) is 9.34. The highest BCUT2D eigenvalue weighted by molar-refractivity contribution is 5.77. The van der Waals surface area contributed by atoms with Crippen LogP contribution in [0.2, 0.25) is 0 Å². The van der Waals surface area contributed by atoms with Crippen molar-refractivity contribution in [2.75, 3.05) is 27.4 Å². The second kappa shape index (κ2) is 9.23. The lowest BCUT2D eigenvalue weighted by Crippen LogP contribution is -2.04. The number of methoxy groups -OCH3 is 2. The summed E-state index contributed by atoms with van der Waals surface area (Å²) in [7, 11) is 3.23. The van der Waals surface area contributed by atoms with Gasteiger partial charge in [-0.2, -0.15) is 0 Å². The number of hydrogen-bond acceptors (Lipinski definition) is 8. The molecule has 0 aliphatic carbocycles. The van der Waals surface area contributed by atoms with E-state index >= 15 is 0 Å². The van der Waals surface area contributed by atoms with Crippen molar-refractivity contribution in [1.29, 1.82) is 0 Å². The number of nitrogens with zero attached hydrogens (tertiary/aromatic N) is 3. The number of hydrogen-bond donors (Lipinski definition) is 0. The second-order valence-electron chi connectivity index (χ2n) is 6.38. The molecule has 3 heterocycles. The summed E-state index contributed by atoms with van der Waals surface area (Å²) in [4.78, 5) is 13.1. The van der Waals surface area contributed by atoms with E-state index in [2.05, 4.69) is 15.0 Å². The summed E-state index contributed by atoms with van der Waals surface area (Å²) in [6, 6.07) is 11.0. The monoisotopic (exact) mass is 407 g/mol. The predicted octanol–water partition coefficient (Wildman–Crippen LogP) is 3.90. The lowest BCUT2D eigenvalue weighted by atomic mass is 10.3. The molecular formula is C22H21N3O5. The minimum absolute atomic E-state index is 0.338. The number of oxazole rings is 1. The van der Waals surface area contributed by atoms with Gasteiger partial charge in [-0.3, -0.25) is 9.97 Å². The van der Waals surface area contributed by atoms with Crippen LogP contribution in [0.4, 0.5) is 0 Å². The van der Waals surface area contributed by atoms with Crippen LogP contribution in [0, 0.1) is 0 Å². The van der Waals surface area contributed by atoms with E-state index in [1.165, 1.54) is 0 Å². The zero-order valence-electron chi connectivity index (χ0n) is 16.7. The maximum atomic E-state index is 5.86. The summed E-state index contributed by atoms with van der Waals surface area (Å²) in [5.74, 6) is 2.47. The van der Waals surface area contributed by atoms with Crippen LogP contribution in [0.25, 0.3) is 22.6 Å². The van der Waals surface area contributed by atoms with Crippen molar-refractivity contribution in [2.24, 2.45) is 0 Å². The lowest BCUT2D eigenvalue weighted by molar-refractivity contribution is 0.146. The van der Waals surface area contributed by atoms with E-state index in [0.717, 1.165) is 11.3 Å². The molecule has 0 unspecified atom stereocenters. The molecule has 8 heteroatoms. The average Bonchev–Trinajstić information content (AvgIpc) is 3.22. The van der Waals surface area contributed by atoms with Gasteiger partial charge >= 0.3 is 0 Å². The molecule has 30 heavy (non-hydrogen) atoms. The molecule has 0 saturated carbocycles. The molecule has 3 aromatic heterocycles. The van der Waals surface area contributed by atoms with Crippen LogP contribution >= 0.6 is 0 Å². The minimum atomic E-state index is 0.338. The van der Waals surface area contributed by atoms with Gasteiger partial charge in [-0.05, 0) is 30.3 Å². The molecule has 0 saturated heterocycles. The smallest absolute Gasteiger partial charge is 0.229 e. The van der Waals surface area contributed by atoms with Gasteiger partial charge in [-0.15, -0.1) is 0 Å². The molecule has 0 fully saturated rings. The zero-order valence-corrected chi connectivity index (χ0v) is 16.7. The maximum Gasteiger partial charge on any atom is 0.229 e. The Morgan fingerprint density at radius 2 is 1.77 bits per heavy atom. The molecule has 4 rings (SSSR count). The van der Waals surface area contributed by atoms with Crippen LogP contribution in [-0.2, 0) is 11.3 Å². The van der Waals surface area contributed by atoms with Gasteiger partial charge in [0.1, 0.15) is 36.0 Å². The lowest BCUT2D eigenvalue weighted by Gasteiger charge is -2.06. The maximum absolute atomic E-state index is 5.86. The van der Waals surface area contributed by atoms with E-state index in [-0.39, 0.29) is 0 Å². The standard InChI is InChI=1S/C22H21N3O5/c1-26-7-8-28-19-9-15(11-23-12-19)22-25-20-10-17(5-6-21(20)30-22)29-14-16-3-4-18(27-2)13-24-16/h3-6,9-13H,7-8,14H2,1-2H3. The van der Waals surface area contributed by atoms with Crippen LogP contribution < -0.4 is 14.2 Å². The van der Waals surface area contributed by atoms with Crippen molar-refractivity contribution in [1.82, 2.24) is 15.0 Å². The summed E-state index contributed by atoms with van der Waals surface area (Å²) >= 11 is 0. The third-order valence-electron chi connectivity index (χ3n) is 4.30. The molecule has 0 atom stereocenters. The van der Waals surface area contributed by atoms with Crippen molar-refractivity contribution in [2.45, 2.75) is 6.61 Å². The Balaban J connectivity index is 1.47. The third kappa shape index (κ3) is 4.66. The topological polar surface area (TPSA) is 88.7 Å². The Morgan fingerprint density at radius 1 is 0.867 bits per heavy atom. The number of ether oxygens (including phenoxy) is 4. The van der Waals surface area contributed by atoms with Gasteiger partial charge in [0, 0.05) is 19.4 Å². The molecule has 0 spiro atoms. The molecule has 154 valence electrons. The van der Waals surface area contributed by atoms with Crippen molar-refractivity contribution in [3.8, 4) is 28.7 Å². The first-order valence-corrected chi connectivity index (χ1v) is 9.34. The molecule has 0 aliphatic heterocycles. The van der Waals surface area contributed by atoms with E-state index in [1.54, 1.807) is 32.8 Å². The summed E-state index contributed by atoms with van der Waals surface area (Å²) < 4.78 is 27.4. The molecule has 0 amide bonds. The largest absolute Gasteiger partial charge is 0.495 e. The molecule has 0 aliphatic rings. The fourth-order valence-corrected chi connectivity index (χ4v) is 2.75. The summed E-state index contributed by atoms with van der Waals surface area (Å²) in [6.45, 7) is 1.28. The van der Waals surface area contributed by atoms with E-state index in [4.69, 9.17) is 23.4 Å². The summed E-state index contributed by atoms with van der Waals surface area (Å²) in [6.07, 6.45) is 4.98. The molecule has 0 bridgehead atoms. The minimum Gasteiger partial charge on any atom is -0.495 e. The van der Waals surface area contributed by atoms with Gasteiger partial charge < -0.3 is 23.4 Å². The molecule has 8 nitrogen and oxygen atoms in total. The number of fused-ring (bicyclic) bond motifs is 1. The molecule has 0 radical (unpaired) electrons. The number of aromatic nitrogens is 3. The second-order valence-corrected chi connectivity index (χ2v) is 6.38. The zero-order chi connectivity index (χ0) is 20.8. The predicted molar refractivity (Wildman–Crippen MR) is 110 cm³/mol. The Kier molecular flexibility index (Phi) is 6.05. The van der Waals surface area contributed by atoms with Gasteiger partial charge in [0.2, 0.25) is 5.89 Å². The van der Waals surface area contributed by atoms with Gasteiger partial charge in [-0.1, -0.05) is 0 Å². The average molecular weight is 407 g/mol. The van der Waals surface area contributed by atoms with Crippen molar-refractivity contribution in [3.63, 3.8) is 0 Å². The van der Waals surface area contributed by atoms with Gasteiger partial charge in [-0.25, -0.2) is 4.98 Å². The van der Waals surface area contributed by atoms with Crippen molar-refractivity contribution in [3.05, 3.63) is 60.7 Å². The van der Waals surface area contributed by atoms with Crippen LogP contribution in [-0.4, -0.2) is 42.4 Å². The third-order valence-corrected chi connectivity index (χ3v) is 4.30. The number of rotatable bonds is 9. The molecular weight excluding hydrogens is 386 g/mol. The Morgan fingerprint density at radius 3 is 2.57 bits per heavy atom. The highest BCUT2D eigenvalue weighted by Crippen LogP contribution is 2.28. The summed E-state index contributed by atoms with van der Waals surface area (Å²) in [5, 5.41) is 0. The fourth-order valence-electron chi connectivity index (χ4n) is 2.75. The van der Waals surface area contributed by atoms with Gasteiger partial charge in [0.15, 0.2) is 5.58 Å². The number of benzene rings is 1. The molecule has 1 aromatic carbocycles. The van der Waals surface area contributed by atoms with E-state index in [9.17, 15) is 0 Å². The van der Waals surface area contributed by atoms with Crippen LogP contribution in [0.15, 0.2) is 59.4 Å². The highest BCUT2D eigenvalue weighted by atomic mass is 16.5. The van der Waals surface area contributed by atoms with Gasteiger partial charge in [0.25, 0.3) is 0 Å². The normalized spacial score (nSPS) is 10.9. The van der Waals surface area contributed by atoms with Crippen LogP contribution in [0.1, 0.15) is 5.69 Å². The van der Waals surface area contributed by atoms with Crippen molar-refractivity contribution >= 4 is 11.1 Å². The van der Waals surface area contributed by atoms with E-state index in [1.807, 2.05) is 36.4 Å². The van der Waals surface area contributed by atoms with E-state index < -0.39 is 0 Å². The first-order chi connectivity index (χ1) is 14.7. The Hall–Kier alpha value is -3.65. The highest BCUT2D eigenvalue weighted by Gasteiger charge is 2.11. The quantitative estimate of drug-likeness (QED) is 0.386. The SMILES string of the molecule is COCCOc1cncc(-c2nc3cc(OCc4ccc(OC)cn4)ccc3o2)c1.